The van der Waals surface area contributed by atoms with E-state index in [9.17, 15) is 13.5 Å². The summed E-state index contributed by atoms with van der Waals surface area (Å²) in [4.78, 5) is 0. The molecule has 0 aliphatic carbocycles. The van der Waals surface area contributed by atoms with Crippen LogP contribution in [0.3, 0.4) is 0 Å². The van der Waals surface area contributed by atoms with Crippen molar-refractivity contribution in [2.24, 2.45) is 0 Å². The normalized spacial score (nSPS) is 11.4. The van der Waals surface area contributed by atoms with Crippen LogP contribution in [0.5, 0.6) is 5.75 Å². The highest BCUT2D eigenvalue weighted by molar-refractivity contribution is 7.92. The van der Waals surface area contributed by atoms with Gasteiger partial charge in [0.05, 0.1) is 28.8 Å². The number of nitrogens with one attached hydrogen (secondary N) is 1. The quantitative estimate of drug-likeness (QED) is 0.357. The third kappa shape index (κ3) is 3.16. The minimum Gasteiger partial charge on any atom is -0.504 e. The number of phenolic OH excluding ortho intramolecular Hbond substituents is 1. The first-order chi connectivity index (χ1) is 7.35. The van der Waals surface area contributed by atoms with Gasteiger partial charge in [0.15, 0.2) is 5.75 Å². The third-order valence-corrected chi connectivity index (χ3v) is 3.28. The van der Waals surface area contributed by atoms with Crippen molar-refractivity contribution in [1.82, 2.24) is 0 Å². The lowest BCUT2D eigenvalue weighted by Gasteiger charge is -2.09. The molecule has 0 unspecified atom stereocenters. The van der Waals surface area contributed by atoms with Gasteiger partial charge in [-0.3, -0.25) is 4.72 Å². The molecule has 0 saturated carbocycles. The van der Waals surface area contributed by atoms with Crippen molar-refractivity contribution in [2.75, 3.05) is 22.8 Å². The van der Waals surface area contributed by atoms with Crippen molar-refractivity contribution in [3.63, 3.8) is 0 Å². The van der Waals surface area contributed by atoms with Crippen LogP contribution in [-0.2, 0) is 10.0 Å². The van der Waals surface area contributed by atoms with E-state index in [1.54, 1.807) is 0 Å². The number of benzene rings is 1. The van der Waals surface area contributed by atoms with Crippen LogP contribution in [-0.4, -0.2) is 31.0 Å². The summed E-state index contributed by atoms with van der Waals surface area (Å²) in [5, 5.41) is 17.7. The summed E-state index contributed by atoms with van der Waals surface area (Å²) in [6.45, 7) is -0.489. The van der Waals surface area contributed by atoms with Crippen LogP contribution in [0.15, 0.2) is 12.1 Å². The number of anilines is 2. The maximum Gasteiger partial charge on any atom is 0.234 e. The van der Waals surface area contributed by atoms with Crippen LogP contribution in [0, 0.1) is 0 Å². The lowest BCUT2D eigenvalue weighted by Crippen LogP contribution is -2.18. The molecule has 0 spiro atoms. The van der Waals surface area contributed by atoms with Gasteiger partial charge < -0.3 is 15.9 Å². The minimum atomic E-state index is -3.63. The summed E-state index contributed by atoms with van der Waals surface area (Å²) in [6, 6.07) is 2.46. The third-order valence-electron chi connectivity index (χ3n) is 1.73. The summed E-state index contributed by atoms with van der Waals surface area (Å²) in [5.41, 5.74) is 5.50. The summed E-state index contributed by atoms with van der Waals surface area (Å²) in [7, 11) is -3.63. The number of nitrogens with two attached hydrogens (primary N) is 1. The number of aliphatic hydroxyl groups excluding tert-OH is 1. The molecule has 0 atom stereocenters. The molecule has 0 aliphatic heterocycles. The fourth-order valence-corrected chi connectivity index (χ4v) is 2.08. The van der Waals surface area contributed by atoms with Gasteiger partial charge in [0.25, 0.3) is 0 Å². The van der Waals surface area contributed by atoms with E-state index in [0.29, 0.717) is 0 Å². The van der Waals surface area contributed by atoms with Gasteiger partial charge >= 0.3 is 0 Å². The zero-order valence-electron chi connectivity index (χ0n) is 8.14. The smallest absolute Gasteiger partial charge is 0.234 e. The largest absolute Gasteiger partial charge is 0.504 e. The Kier molecular flexibility index (Phi) is 3.84. The molecule has 5 N–H and O–H groups in total. The fourth-order valence-electron chi connectivity index (χ4n) is 1.03. The number of hydrogen-bond donors (Lipinski definition) is 4. The van der Waals surface area contributed by atoms with Crippen LogP contribution in [0.4, 0.5) is 11.4 Å². The molecular weight excluding hydrogens is 256 g/mol. The SMILES string of the molecule is Nc1cc(NS(=O)(=O)CCO)cc(Cl)c1O. The molecule has 0 bridgehead atoms. The lowest BCUT2D eigenvalue weighted by molar-refractivity contribution is 0.320. The number of sulfonamides is 1. The van der Waals surface area contributed by atoms with Crippen LogP contribution in [0.1, 0.15) is 0 Å². The molecule has 0 aliphatic rings. The van der Waals surface area contributed by atoms with Gasteiger partial charge in [-0.15, -0.1) is 0 Å². The Hall–Kier alpha value is -1.18. The van der Waals surface area contributed by atoms with Gasteiger partial charge in [-0.25, -0.2) is 8.42 Å². The molecule has 16 heavy (non-hydrogen) atoms. The monoisotopic (exact) mass is 266 g/mol. The molecule has 0 heterocycles. The number of phenols is 1. The van der Waals surface area contributed by atoms with Crippen molar-refractivity contribution in [3.8, 4) is 5.75 Å². The van der Waals surface area contributed by atoms with Gasteiger partial charge in [0.1, 0.15) is 0 Å². The number of rotatable bonds is 4. The molecule has 1 aromatic rings. The van der Waals surface area contributed by atoms with Crippen LogP contribution >= 0.6 is 11.6 Å². The molecule has 1 aromatic carbocycles. The van der Waals surface area contributed by atoms with Crippen molar-refractivity contribution >= 4 is 33.0 Å². The molecule has 6 nitrogen and oxygen atoms in total. The Morgan fingerprint density at radius 3 is 2.56 bits per heavy atom. The lowest BCUT2D eigenvalue weighted by atomic mass is 10.2. The summed E-state index contributed by atoms with van der Waals surface area (Å²) < 4.78 is 24.7. The Morgan fingerprint density at radius 2 is 2.06 bits per heavy atom. The van der Waals surface area contributed by atoms with Crippen LogP contribution in [0.2, 0.25) is 5.02 Å². The summed E-state index contributed by atoms with van der Waals surface area (Å²) in [6.07, 6.45) is 0. The van der Waals surface area contributed by atoms with E-state index in [1.807, 2.05) is 0 Å². The highest BCUT2D eigenvalue weighted by Crippen LogP contribution is 2.33. The predicted octanol–water partition coefficient (Wildman–Crippen LogP) is 0.362. The molecule has 90 valence electrons. The standard InChI is InChI=1S/C8H11ClN2O4S/c9-6-3-5(4-7(10)8(6)13)11-16(14,15)2-1-12/h3-4,11-13H,1-2,10H2. The van der Waals surface area contributed by atoms with E-state index in [0.717, 1.165) is 0 Å². The van der Waals surface area contributed by atoms with E-state index in [4.69, 9.17) is 22.4 Å². The second-order valence-electron chi connectivity index (χ2n) is 3.04. The van der Waals surface area contributed by atoms with Gasteiger partial charge in [-0.05, 0) is 12.1 Å². The number of halogens is 1. The van der Waals surface area contributed by atoms with Gasteiger partial charge in [0.2, 0.25) is 10.0 Å². The zero-order chi connectivity index (χ0) is 12.3. The first-order valence-corrected chi connectivity index (χ1v) is 6.28. The van der Waals surface area contributed by atoms with Crippen LogP contribution in [0.25, 0.3) is 0 Å². The van der Waals surface area contributed by atoms with Gasteiger partial charge in [0, 0.05) is 0 Å². The van der Waals surface area contributed by atoms with Crippen molar-refractivity contribution < 1.29 is 18.6 Å². The first-order valence-electron chi connectivity index (χ1n) is 4.25. The average Bonchev–Trinajstić information content (AvgIpc) is 2.13. The van der Waals surface area contributed by atoms with Crippen molar-refractivity contribution in [3.05, 3.63) is 17.2 Å². The van der Waals surface area contributed by atoms with E-state index in [2.05, 4.69) is 4.72 Å². The molecule has 0 fully saturated rings. The van der Waals surface area contributed by atoms with Gasteiger partial charge in [-0.1, -0.05) is 11.6 Å². The molecular formula is C8H11ClN2O4S. The Labute approximate surface area is 97.7 Å². The average molecular weight is 267 g/mol. The van der Waals surface area contributed by atoms with E-state index in [-0.39, 0.29) is 22.1 Å². The van der Waals surface area contributed by atoms with E-state index < -0.39 is 22.4 Å². The number of hydrogen-bond acceptors (Lipinski definition) is 5. The predicted molar refractivity (Wildman–Crippen MR) is 62.0 cm³/mol. The topological polar surface area (TPSA) is 113 Å². The minimum absolute atomic E-state index is 0.0331. The second-order valence-corrected chi connectivity index (χ2v) is 5.29. The molecule has 0 amide bonds. The Balaban J connectivity index is 2.99. The molecule has 0 radical (unpaired) electrons. The second kappa shape index (κ2) is 4.77. The maximum absolute atomic E-state index is 11.3. The van der Waals surface area contributed by atoms with E-state index >= 15 is 0 Å². The summed E-state index contributed by atoms with van der Waals surface area (Å²) in [5.74, 6) is -0.724. The van der Waals surface area contributed by atoms with Crippen molar-refractivity contribution in [1.29, 1.82) is 0 Å². The maximum atomic E-state index is 11.3. The molecule has 0 aromatic heterocycles. The van der Waals surface area contributed by atoms with Crippen LogP contribution < -0.4 is 10.5 Å². The first kappa shape index (κ1) is 12.9. The van der Waals surface area contributed by atoms with E-state index in [1.165, 1.54) is 12.1 Å². The number of nitrogen functional groups attached to an aromatic ring is 1. The van der Waals surface area contributed by atoms with Crippen molar-refractivity contribution in [2.45, 2.75) is 0 Å². The highest BCUT2D eigenvalue weighted by Gasteiger charge is 2.12. The number of aliphatic hydroxyl groups is 1. The Bertz CT molecular complexity index is 466. The highest BCUT2D eigenvalue weighted by atomic mass is 35.5. The van der Waals surface area contributed by atoms with Gasteiger partial charge in [-0.2, -0.15) is 0 Å². The molecule has 0 saturated heterocycles. The summed E-state index contributed by atoms with van der Waals surface area (Å²) >= 11 is 5.61. The zero-order valence-corrected chi connectivity index (χ0v) is 9.72. The fraction of sp³-hybridized carbons (Fsp3) is 0.250. The Morgan fingerprint density at radius 1 is 1.44 bits per heavy atom. The molecule has 1 rings (SSSR count). The number of aromatic hydroxyl groups is 1. The molecule has 8 heteroatoms.